The molecule has 3 aliphatic rings. The lowest BCUT2D eigenvalue weighted by Crippen LogP contribution is -2.63. The van der Waals surface area contributed by atoms with Gasteiger partial charge in [-0.25, -0.2) is 0 Å². The highest BCUT2D eigenvalue weighted by atomic mass is 16.5. The summed E-state index contributed by atoms with van der Waals surface area (Å²) in [5, 5.41) is 0. The van der Waals surface area contributed by atoms with E-state index in [-0.39, 0.29) is 6.71 Å². The minimum Gasteiger partial charge on any atom is -0.458 e. The lowest BCUT2D eigenvalue weighted by molar-refractivity contribution is 0.463. The summed E-state index contributed by atoms with van der Waals surface area (Å²) in [4.78, 5) is 4.70. The second-order valence-electron chi connectivity index (χ2n) is 12.6. The molecular weight excluding hydrogens is 603 g/mol. The molecule has 0 aromatic heterocycles. The van der Waals surface area contributed by atoms with Crippen molar-refractivity contribution in [3.8, 4) is 34.5 Å². The molecule has 232 valence electrons. The van der Waals surface area contributed by atoms with Crippen LogP contribution in [0.1, 0.15) is 5.56 Å². The van der Waals surface area contributed by atoms with Crippen LogP contribution in [0.15, 0.2) is 158 Å². The Morgan fingerprint density at radius 1 is 0.429 bits per heavy atom. The normalized spacial score (nSPS) is 13.0. The first kappa shape index (κ1) is 27.7. The summed E-state index contributed by atoms with van der Waals surface area (Å²) in [5.74, 6) is 4.68. The summed E-state index contributed by atoms with van der Waals surface area (Å²) in [5.41, 5.74) is 11.0. The second kappa shape index (κ2) is 10.8. The van der Waals surface area contributed by atoms with E-state index in [4.69, 9.17) is 14.2 Å². The Morgan fingerprint density at radius 2 is 0.837 bits per heavy atom. The quantitative estimate of drug-likeness (QED) is 0.171. The molecule has 3 aliphatic heterocycles. The molecule has 0 atom stereocenters. The molecule has 0 unspecified atom stereocenters. The Balaban J connectivity index is 1.29. The van der Waals surface area contributed by atoms with E-state index in [1.807, 2.05) is 66.7 Å². The topological polar surface area (TPSA) is 34.2 Å². The zero-order chi connectivity index (χ0) is 32.5. The molecule has 7 aromatic rings. The van der Waals surface area contributed by atoms with Crippen LogP contribution in [0, 0.1) is 6.92 Å². The lowest BCUT2D eigenvalue weighted by Gasteiger charge is -2.46. The molecule has 0 aliphatic carbocycles. The van der Waals surface area contributed by atoms with Gasteiger partial charge in [-0.15, -0.1) is 0 Å². The van der Waals surface area contributed by atoms with E-state index in [0.717, 1.165) is 79.4 Å². The summed E-state index contributed by atoms with van der Waals surface area (Å²) in [7, 11) is 0. The Kier molecular flexibility index (Phi) is 6.12. The Labute approximate surface area is 285 Å². The maximum Gasteiger partial charge on any atom is 0.261 e. The van der Waals surface area contributed by atoms with Crippen LogP contribution in [-0.4, -0.2) is 6.71 Å². The molecule has 0 bridgehead atoms. The maximum atomic E-state index is 6.92. The predicted molar refractivity (Wildman–Crippen MR) is 198 cm³/mol. The van der Waals surface area contributed by atoms with Crippen LogP contribution < -0.4 is 40.4 Å². The van der Waals surface area contributed by atoms with Crippen molar-refractivity contribution < 1.29 is 14.2 Å². The predicted octanol–water partition coefficient (Wildman–Crippen LogP) is 9.77. The van der Waals surface area contributed by atoms with Crippen molar-refractivity contribution >= 4 is 57.2 Å². The number of nitrogens with zero attached hydrogens (tertiary/aromatic N) is 2. The molecule has 49 heavy (non-hydrogen) atoms. The standard InChI is InChI=1S/C43H29BN2O3/c1-28-22-35-42-39(23-28)49-40-27-34(48-32-20-12-5-13-21-32)26-38-43(40)44(42)41-36(45(35)29-14-6-2-7-15-29)24-33(47-31-18-10-4-11-19-31)25-37(41)46(38)30-16-8-3-9-17-30/h2-27H,1H3. The third kappa shape index (κ3) is 4.41. The number of hydrogen-bond acceptors (Lipinski definition) is 5. The highest BCUT2D eigenvalue weighted by molar-refractivity contribution is 7.01. The first-order chi connectivity index (χ1) is 24.2. The summed E-state index contributed by atoms with van der Waals surface area (Å²) in [6.07, 6.45) is 0. The van der Waals surface area contributed by atoms with Gasteiger partial charge < -0.3 is 24.0 Å². The lowest BCUT2D eigenvalue weighted by atomic mass is 9.32. The summed E-state index contributed by atoms with van der Waals surface area (Å²) in [6.45, 7) is 2.07. The van der Waals surface area contributed by atoms with Gasteiger partial charge in [0.15, 0.2) is 0 Å². The fraction of sp³-hybridized carbons (Fsp3) is 0.0233. The number of benzene rings is 7. The molecule has 10 rings (SSSR count). The number of hydrogen-bond donors (Lipinski definition) is 0. The van der Waals surface area contributed by atoms with E-state index < -0.39 is 0 Å². The minimum atomic E-state index is -0.0641. The van der Waals surface area contributed by atoms with Gasteiger partial charge in [0.1, 0.15) is 34.5 Å². The Bertz CT molecular complexity index is 2390. The van der Waals surface area contributed by atoms with Crippen molar-refractivity contribution in [2.45, 2.75) is 6.92 Å². The van der Waals surface area contributed by atoms with E-state index >= 15 is 0 Å². The molecule has 0 fully saturated rings. The van der Waals surface area contributed by atoms with Crippen molar-refractivity contribution in [1.82, 2.24) is 0 Å². The molecule has 0 radical (unpaired) electrons. The van der Waals surface area contributed by atoms with Crippen molar-refractivity contribution in [2.75, 3.05) is 9.80 Å². The molecule has 0 amide bonds. The van der Waals surface area contributed by atoms with E-state index in [1.165, 1.54) is 5.46 Å². The molecule has 0 saturated heterocycles. The van der Waals surface area contributed by atoms with E-state index in [2.05, 4.69) is 108 Å². The summed E-state index contributed by atoms with van der Waals surface area (Å²) in [6, 6.07) is 54.0. The Morgan fingerprint density at radius 3 is 1.35 bits per heavy atom. The molecule has 0 spiro atoms. The second-order valence-corrected chi connectivity index (χ2v) is 12.6. The van der Waals surface area contributed by atoms with Gasteiger partial charge in [0, 0.05) is 58.4 Å². The minimum absolute atomic E-state index is 0.0641. The fourth-order valence-corrected chi connectivity index (χ4v) is 7.60. The number of ether oxygens (including phenoxy) is 3. The highest BCUT2D eigenvalue weighted by Crippen LogP contribution is 2.50. The van der Waals surface area contributed by atoms with Crippen LogP contribution in [0.2, 0.25) is 0 Å². The van der Waals surface area contributed by atoms with Gasteiger partial charge >= 0.3 is 0 Å². The molecular formula is C43H29BN2O3. The number of aryl methyl sites for hydroxylation is 1. The monoisotopic (exact) mass is 632 g/mol. The van der Waals surface area contributed by atoms with Crippen LogP contribution in [0.3, 0.4) is 0 Å². The van der Waals surface area contributed by atoms with Gasteiger partial charge in [-0.3, -0.25) is 0 Å². The molecule has 3 heterocycles. The average Bonchev–Trinajstić information content (AvgIpc) is 3.13. The van der Waals surface area contributed by atoms with Crippen molar-refractivity contribution in [1.29, 1.82) is 0 Å². The molecule has 6 heteroatoms. The van der Waals surface area contributed by atoms with Crippen molar-refractivity contribution in [2.24, 2.45) is 0 Å². The van der Waals surface area contributed by atoms with Crippen molar-refractivity contribution in [3.63, 3.8) is 0 Å². The number of rotatable bonds is 6. The molecule has 0 N–H and O–H groups in total. The van der Waals surface area contributed by atoms with Gasteiger partial charge in [-0.1, -0.05) is 72.8 Å². The van der Waals surface area contributed by atoms with Crippen molar-refractivity contribution in [3.05, 3.63) is 163 Å². The summed E-state index contributed by atoms with van der Waals surface area (Å²) < 4.78 is 20.1. The number of para-hydroxylation sites is 4. The van der Waals surface area contributed by atoms with E-state index in [1.54, 1.807) is 0 Å². The molecule has 0 saturated carbocycles. The smallest absolute Gasteiger partial charge is 0.261 e. The highest BCUT2D eigenvalue weighted by Gasteiger charge is 2.49. The maximum absolute atomic E-state index is 6.92. The van der Waals surface area contributed by atoms with E-state index in [9.17, 15) is 0 Å². The average molecular weight is 633 g/mol. The molecule has 7 aromatic carbocycles. The van der Waals surface area contributed by atoms with Gasteiger partial charge in [-0.05, 0) is 89.5 Å². The van der Waals surface area contributed by atoms with Crippen LogP contribution in [-0.2, 0) is 0 Å². The van der Waals surface area contributed by atoms with Crippen LogP contribution in [0.5, 0.6) is 34.5 Å². The zero-order valence-electron chi connectivity index (χ0n) is 26.7. The van der Waals surface area contributed by atoms with Gasteiger partial charge in [0.2, 0.25) is 0 Å². The summed E-state index contributed by atoms with van der Waals surface area (Å²) >= 11 is 0. The van der Waals surface area contributed by atoms with Gasteiger partial charge in [0.25, 0.3) is 6.71 Å². The van der Waals surface area contributed by atoms with Gasteiger partial charge in [0.05, 0.1) is 0 Å². The first-order valence-electron chi connectivity index (χ1n) is 16.5. The van der Waals surface area contributed by atoms with Crippen LogP contribution >= 0.6 is 0 Å². The van der Waals surface area contributed by atoms with Gasteiger partial charge in [-0.2, -0.15) is 0 Å². The third-order valence-electron chi connectivity index (χ3n) is 9.50. The number of anilines is 6. The van der Waals surface area contributed by atoms with Crippen LogP contribution in [0.4, 0.5) is 34.1 Å². The molecule has 5 nitrogen and oxygen atoms in total. The first-order valence-corrected chi connectivity index (χ1v) is 16.5. The fourth-order valence-electron chi connectivity index (χ4n) is 7.60. The largest absolute Gasteiger partial charge is 0.458 e. The zero-order valence-corrected chi connectivity index (χ0v) is 26.7. The van der Waals surface area contributed by atoms with Crippen LogP contribution in [0.25, 0.3) is 0 Å². The third-order valence-corrected chi connectivity index (χ3v) is 9.50. The van der Waals surface area contributed by atoms with E-state index in [0.29, 0.717) is 5.75 Å². The Hall–Kier alpha value is -6.40. The SMILES string of the molecule is Cc1cc2c3c(c1)N(c1ccccc1)c1cc(Oc4ccccc4)cc4c1B3c1c(cc(Oc3ccccc3)cc1N4c1ccccc1)O2.